The summed E-state index contributed by atoms with van der Waals surface area (Å²) in [5, 5.41) is 7.17. The van der Waals surface area contributed by atoms with Gasteiger partial charge in [-0.2, -0.15) is 0 Å². The number of hydrogen-bond acceptors (Lipinski definition) is 3. The second-order valence-electron chi connectivity index (χ2n) is 4.64. The fourth-order valence-corrected chi connectivity index (χ4v) is 3.53. The number of hydrogen-bond donors (Lipinski definition) is 2. The van der Waals surface area contributed by atoms with Crippen LogP contribution >= 0.6 is 35.0 Å². The van der Waals surface area contributed by atoms with E-state index in [4.69, 9.17) is 23.2 Å². The maximum Gasteiger partial charge on any atom is 0.246 e. The van der Waals surface area contributed by atoms with Crippen LogP contribution in [0.4, 0.5) is 5.69 Å². The third kappa shape index (κ3) is 2.90. The summed E-state index contributed by atoms with van der Waals surface area (Å²) >= 11 is 13.8. The second-order valence-corrected chi connectivity index (χ2v) is 6.60. The molecule has 1 unspecified atom stereocenters. The Bertz CT molecular complexity index is 704. The molecule has 0 radical (unpaired) electrons. The number of likely N-dealkylation sites (N-methyl/N-ethyl adjacent to an activating group) is 1. The molecule has 3 rings (SSSR count). The summed E-state index contributed by atoms with van der Waals surface area (Å²) in [5.74, 6) is -0.0581. The highest BCUT2D eigenvalue weighted by molar-refractivity contribution is 7.99. The molecular formula is C15H12Cl2N2OS. The van der Waals surface area contributed by atoms with Crippen molar-refractivity contribution in [3.05, 3.63) is 52.0 Å². The molecule has 0 saturated heterocycles. The minimum absolute atomic E-state index is 0.0581. The Morgan fingerprint density at radius 2 is 1.90 bits per heavy atom. The van der Waals surface area contributed by atoms with Crippen LogP contribution in [0, 0.1) is 0 Å². The van der Waals surface area contributed by atoms with Gasteiger partial charge in [0.15, 0.2) is 0 Å². The van der Waals surface area contributed by atoms with E-state index in [1.54, 1.807) is 7.05 Å². The molecule has 1 amide bonds. The molecule has 0 spiro atoms. The predicted molar refractivity (Wildman–Crippen MR) is 87.5 cm³/mol. The van der Waals surface area contributed by atoms with Gasteiger partial charge in [0, 0.05) is 26.1 Å². The molecule has 2 aromatic carbocycles. The average Bonchev–Trinajstić information content (AvgIpc) is 2.76. The van der Waals surface area contributed by atoms with Crippen LogP contribution in [-0.4, -0.2) is 13.0 Å². The van der Waals surface area contributed by atoms with Crippen molar-refractivity contribution in [2.45, 2.75) is 15.8 Å². The molecule has 1 atom stereocenters. The monoisotopic (exact) mass is 338 g/mol. The van der Waals surface area contributed by atoms with Crippen LogP contribution < -0.4 is 10.6 Å². The zero-order valence-corrected chi connectivity index (χ0v) is 13.4. The Balaban J connectivity index is 1.93. The van der Waals surface area contributed by atoms with Crippen LogP contribution in [0.15, 0.2) is 46.2 Å². The number of carbonyl (C=O) groups excluding carboxylic acids is 1. The first-order chi connectivity index (χ1) is 10.1. The van der Waals surface area contributed by atoms with Crippen molar-refractivity contribution in [1.82, 2.24) is 5.32 Å². The van der Waals surface area contributed by atoms with Gasteiger partial charge >= 0.3 is 0 Å². The van der Waals surface area contributed by atoms with Crippen molar-refractivity contribution in [2.75, 3.05) is 12.4 Å². The standard InChI is InChI=1S/C15H12Cl2N2OS/c1-18-14-10-6-11(17)13(7-12(10)19-15(14)20)21-9-4-2-8(16)3-5-9/h2-7,14,18H,1H3,(H,19,20). The van der Waals surface area contributed by atoms with Crippen molar-refractivity contribution in [1.29, 1.82) is 0 Å². The lowest BCUT2D eigenvalue weighted by Crippen LogP contribution is -2.23. The van der Waals surface area contributed by atoms with Gasteiger partial charge in [-0.05, 0) is 43.4 Å². The van der Waals surface area contributed by atoms with E-state index in [1.807, 2.05) is 36.4 Å². The van der Waals surface area contributed by atoms with E-state index in [-0.39, 0.29) is 11.9 Å². The number of rotatable bonds is 3. The number of benzene rings is 2. The van der Waals surface area contributed by atoms with E-state index in [0.717, 1.165) is 21.0 Å². The fraction of sp³-hybridized carbons (Fsp3) is 0.133. The van der Waals surface area contributed by atoms with Gasteiger partial charge in [0.2, 0.25) is 5.91 Å². The van der Waals surface area contributed by atoms with Crippen LogP contribution in [0.25, 0.3) is 0 Å². The predicted octanol–water partition coefficient (Wildman–Crippen LogP) is 4.36. The van der Waals surface area contributed by atoms with Gasteiger partial charge in [-0.15, -0.1) is 0 Å². The highest BCUT2D eigenvalue weighted by Gasteiger charge is 2.30. The number of fused-ring (bicyclic) bond motifs is 1. The van der Waals surface area contributed by atoms with Crippen LogP contribution in [0.1, 0.15) is 11.6 Å². The Morgan fingerprint density at radius 3 is 2.57 bits per heavy atom. The lowest BCUT2D eigenvalue weighted by atomic mass is 10.1. The molecule has 2 N–H and O–H groups in total. The molecule has 0 aromatic heterocycles. The molecule has 0 fully saturated rings. The summed E-state index contributed by atoms with van der Waals surface area (Å²) in [6, 6.07) is 11.0. The number of carbonyl (C=O) groups is 1. The van der Waals surface area contributed by atoms with Gasteiger partial charge in [0.25, 0.3) is 0 Å². The topological polar surface area (TPSA) is 41.1 Å². The highest BCUT2D eigenvalue weighted by Crippen LogP contribution is 2.41. The minimum atomic E-state index is -0.341. The quantitative estimate of drug-likeness (QED) is 0.873. The Morgan fingerprint density at radius 1 is 1.19 bits per heavy atom. The van der Waals surface area contributed by atoms with Crippen molar-refractivity contribution in [2.24, 2.45) is 0 Å². The van der Waals surface area contributed by atoms with Gasteiger partial charge in [0.05, 0.1) is 5.02 Å². The Labute approximate surface area is 137 Å². The summed E-state index contributed by atoms with van der Waals surface area (Å²) in [7, 11) is 1.75. The summed E-state index contributed by atoms with van der Waals surface area (Å²) < 4.78 is 0. The van der Waals surface area contributed by atoms with Gasteiger partial charge in [-0.25, -0.2) is 0 Å². The van der Waals surface area contributed by atoms with E-state index in [2.05, 4.69) is 10.6 Å². The molecule has 21 heavy (non-hydrogen) atoms. The molecule has 0 aliphatic carbocycles. The first-order valence-electron chi connectivity index (χ1n) is 6.33. The van der Waals surface area contributed by atoms with Crippen LogP contribution in [0.5, 0.6) is 0 Å². The molecule has 3 nitrogen and oxygen atoms in total. The lowest BCUT2D eigenvalue weighted by molar-refractivity contribution is -0.117. The van der Waals surface area contributed by atoms with Crippen LogP contribution in [0.3, 0.4) is 0 Å². The van der Waals surface area contributed by atoms with Gasteiger partial charge in [-0.3, -0.25) is 4.79 Å². The van der Waals surface area contributed by atoms with E-state index < -0.39 is 0 Å². The van der Waals surface area contributed by atoms with E-state index in [1.165, 1.54) is 11.8 Å². The second kappa shape index (κ2) is 5.89. The molecular weight excluding hydrogens is 327 g/mol. The van der Waals surface area contributed by atoms with Crippen molar-refractivity contribution in [3.63, 3.8) is 0 Å². The van der Waals surface area contributed by atoms with Crippen LogP contribution in [-0.2, 0) is 4.79 Å². The van der Waals surface area contributed by atoms with Gasteiger partial charge in [-0.1, -0.05) is 35.0 Å². The summed E-state index contributed by atoms with van der Waals surface area (Å²) in [6.45, 7) is 0. The molecule has 2 aromatic rings. The molecule has 1 aliphatic heterocycles. The zero-order valence-electron chi connectivity index (χ0n) is 11.1. The minimum Gasteiger partial charge on any atom is -0.324 e. The zero-order chi connectivity index (χ0) is 15.0. The SMILES string of the molecule is CNC1C(=O)Nc2cc(Sc3ccc(Cl)cc3)c(Cl)cc21. The van der Waals surface area contributed by atoms with Crippen molar-refractivity contribution in [3.8, 4) is 0 Å². The first kappa shape index (κ1) is 14.7. The van der Waals surface area contributed by atoms with Gasteiger partial charge < -0.3 is 10.6 Å². The Hall–Kier alpha value is -1.20. The molecule has 108 valence electrons. The molecule has 1 aliphatic rings. The number of halogens is 2. The fourth-order valence-electron chi connectivity index (χ4n) is 2.26. The number of amides is 1. The molecule has 0 bridgehead atoms. The van der Waals surface area contributed by atoms with E-state index in [9.17, 15) is 4.79 Å². The number of nitrogens with one attached hydrogen (secondary N) is 2. The van der Waals surface area contributed by atoms with E-state index >= 15 is 0 Å². The Kier molecular flexibility index (Phi) is 4.13. The van der Waals surface area contributed by atoms with Crippen molar-refractivity contribution < 1.29 is 4.79 Å². The van der Waals surface area contributed by atoms with Crippen LogP contribution in [0.2, 0.25) is 10.0 Å². The van der Waals surface area contributed by atoms with E-state index in [0.29, 0.717) is 10.0 Å². The lowest BCUT2D eigenvalue weighted by Gasteiger charge is -2.10. The third-order valence-corrected chi connectivity index (χ3v) is 5.01. The van der Waals surface area contributed by atoms with Crippen molar-refractivity contribution >= 4 is 46.6 Å². The third-order valence-electron chi connectivity index (χ3n) is 3.27. The first-order valence-corrected chi connectivity index (χ1v) is 7.90. The van der Waals surface area contributed by atoms with Gasteiger partial charge in [0.1, 0.15) is 6.04 Å². The summed E-state index contributed by atoms with van der Waals surface area (Å²) in [5.41, 5.74) is 1.69. The largest absolute Gasteiger partial charge is 0.324 e. The summed E-state index contributed by atoms with van der Waals surface area (Å²) in [4.78, 5) is 13.8. The maximum atomic E-state index is 11.8. The molecule has 6 heteroatoms. The normalized spacial score (nSPS) is 16.7. The highest BCUT2D eigenvalue weighted by atomic mass is 35.5. The number of anilines is 1. The average molecular weight is 339 g/mol. The summed E-state index contributed by atoms with van der Waals surface area (Å²) in [6.07, 6.45) is 0. The maximum absolute atomic E-state index is 11.8. The smallest absolute Gasteiger partial charge is 0.246 e. The molecule has 0 saturated carbocycles. The molecule has 1 heterocycles.